The molecule has 0 spiro atoms. The van der Waals surface area contributed by atoms with Crippen LogP contribution >= 0.6 is 11.3 Å². The summed E-state index contributed by atoms with van der Waals surface area (Å²) in [6, 6.07) is -0.355. The van der Waals surface area contributed by atoms with Crippen LogP contribution in [-0.2, 0) is 4.79 Å². The van der Waals surface area contributed by atoms with Crippen LogP contribution in [0.4, 0.5) is 5.82 Å². The fraction of sp³-hybridized carbons (Fsp3) is 0.462. The Hall–Kier alpha value is -2.09. The van der Waals surface area contributed by atoms with Gasteiger partial charge in [0.2, 0.25) is 5.91 Å². The van der Waals surface area contributed by atoms with Crippen LogP contribution in [-0.4, -0.2) is 46.0 Å². The molecule has 1 aliphatic heterocycles. The van der Waals surface area contributed by atoms with E-state index in [0.29, 0.717) is 23.7 Å². The lowest BCUT2D eigenvalue weighted by Gasteiger charge is -2.34. The number of rotatable bonds is 3. The average molecular weight is 308 g/mol. The lowest BCUT2D eigenvalue weighted by molar-refractivity contribution is -0.122. The summed E-state index contributed by atoms with van der Waals surface area (Å²) in [5.41, 5.74) is 0.127. The molecule has 21 heavy (non-hydrogen) atoms. The number of thiazole rings is 1. The predicted octanol–water partition coefficient (Wildman–Crippen LogP) is 1.20. The van der Waals surface area contributed by atoms with Crippen LogP contribution in [0.3, 0.4) is 0 Å². The van der Waals surface area contributed by atoms with Crippen molar-refractivity contribution in [1.82, 2.24) is 14.7 Å². The van der Waals surface area contributed by atoms with Gasteiger partial charge in [0.05, 0.1) is 0 Å². The summed E-state index contributed by atoms with van der Waals surface area (Å²) < 4.78 is 1.57. The maximum absolute atomic E-state index is 12.1. The molecular weight excluding hydrogens is 292 g/mol. The molecule has 0 bridgehead atoms. The average Bonchev–Trinajstić information content (AvgIpc) is 3.06. The fourth-order valence-electron chi connectivity index (χ4n) is 2.80. The van der Waals surface area contributed by atoms with Gasteiger partial charge in [-0.2, -0.15) is 0 Å². The highest BCUT2D eigenvalue weighted by atomic mass is 32.1. The van der Waals surface area contributed by atoms with Crippen molar-refractivity contribution in [2.75, 3.05) is 18.5 Å². The largest absolute Gasteiger partial charge is 0.476 e. The molecule has 8 heteroatoms. The number of nitrogens with one attached hydrogen (secondary N) is 1. The van der Waals surface area contributed by atoms with Gasteiger partial charge in [0.25, 0.3) is 0 Å². The number of piperidine rings is 1. The number of aromatic carboxylic acids is 1. The quantitative estimate of drug-likeness (QED) is 0.889. The van der Waals surface area contributed by atoms with E-state index in [1.165, 1.54) is 11.3 Å². The maximum atomic E-state index is 12.1. The molecule has 3 rings (SSSR count). The van der Waals surface area contributed by atoms with Gasteiger partial charge in [-0.15, -0.1) is 11.3 Å². The van der Waals surface area contributed by atoms with Crippen LogP contribution < -0.4 is 10.2 Å². The standard InChI is InChI=1S/C13H16N4O3S/c1-14-11(18)8-4-2-3-5-16(8)10-9(12(19)20)17-6-7-21-13(17)15-10/h6-8H,2-5H2,1H3,(H,14,18)(H,19,20). The number of hydrogen-bond donors (Lipinski definition) is 2. The number of carboxylic acids is 1. The van der Waals surface area contributed by atoms with Gasteiger partial charge in [0.1, 0.15) is 6.04 Å². The molecule has 0 aliphatic carbocycles. The summed E-state index contributed by atoms with van der Waals surface area (Å²) >= 11 is 1.38. The minimum absolute atomic E-state index is 0.0950. The first-order valence-electron chi connectivity index (χ1n) is 6.80. The third kappa shape index (κ3) is 2.25. The summed E-state index contributed by atoms with van der Waals surface area (Å²) in [6.45, 7) is 0.642. The molecule has 1 amide bonds. The number of hydrogen-bond acceptors (Lipinski definition) is 5. The Bertz CT molecular complexity index is 693. The van der Waals surface area contributed by atoms with Crippen LogP contribution in [0.1, 0.15) is 29.8 Å². The van der Waals surface area contributed by atoms with E-state index in [1.54, 1.807) is 23.0 Å². The first-order valence-corrected chi connectivity index (χ1v) is 7.68. The molecule has 112 valence electrons. The lowest BCUT2D eigenvalue weighted by Crippen LogP contribution is -2.49. The van der Waals surface area contributed by atoms with E-state index in [0.717, 1.165) is 12.8 Å². The van der Waals surface area contributed by atoms with Crippen molar-refractivity contribution in [3.63, 3.8) is 0 Å². The Morgan fingerprint density at radius 3 is 3.00 bits per heavy atom. The van der Waals surface area contributed by atoms with Gasteiger partial charge in [-0.05, 0) is 19.3 Å². The van der Waals surface area contributed by atoms with Crippen molar-refractivity contribution >= 4 is 34.0 Å². The van der Waals surface area contributed by atoms with E-state index in [9.17, 15) is 14.7 Å². The van der Waals surface area contributed by atoms with E-state index >= 15 is 0 Å². The van der Waals surface area contributed by atoms with Crippen LogP contribution in [0, 0.1) is 0 Å². The number of anilines is 1. The normalized spacial score (nSPS) is 18.9. The molecule has 2 aromatic heterocycles. The molecule has 2 aromatic rings. The van der Waals surface area contributed by atoms with E-state index in [-0.39, 0.29) is 17.6 Å². The monoisotopic (exact) mass is 308 g/mol. The Morgan fingerprint density at radius 2 is 2.29 bits per heavy atom. The van der Waals surface area contributed by atoms with Crippen molar-refractivity contribution < 1.29 is 14.7 Å². The highest BCUT2D eigenvalue weighted by Gasteiger charge is 2.33. The van der Waals surface area contributed by atoms with E-state index in [2.05, 4.69) is 10.3 Å². The Morgan fingerprint density at radius 1 is 1.48 bits per heavy atom. The number of carboxylic acid groups (broad SMARTS) is 1. The summed E-state index contributed by atoms with van der Waals surface area (Å²) in [4.78, 5) is 30.5. The maximum Gasteiger partial charge on any atom is 0.356 e. The fourth-order valence-corrected chi connectivity index (χ4v) is 3.51. The first kappa shape index (κ1) is 13.9. The second-order valence-electron chi connectivity index (χ2n) is 4.96. The summed E-state index contributed by atoms with van der Waals surface area (Å²) in [6.07, 6.45) is 4.29. The molecule has 0 aromatic carbocycles. The van der Waals surface area contributed by atoms with Crippen molar-refractivity contribution in [1.29, 1.82) is 0 Å². The number of fused-ring (bicyclic) bond motifs is 1. The molecular formula is C13H16N4O3S. The molecule has 2 N–H and O–H groups in total. The van der Waals surface area contributed by atoms with Gasteiger partial charge in [-0.3, -0.25) is 9.20 Å². The molecule has 1 unspecified atom stereocenters. The summed E-state index contributed by atoms with van der Waals surface area (Å²) in [5, 5.41) is 13.9. The molecule has 3 heterocycles. The molecule has 1 saturated heterocycles. The summed E-state index contributed by atoms with van der Waals surface area (Å²) in [7, 11) is 1.60. The Kier molecular flexibility index (Phi) is 3.54. The van der Waals surface area contributed by atoms with E-state index in [1.807, 2.05) is 4.90 Å². The molecule has 7 nitrogen and oxygen atoms in total. The minimum atomic E-state index is -1.03. The first-order chi connectivity index (χ1) is 10.1. The van der Waals surface area contributed by atoms with Crippen LogP contribution in [0.15, 0.2) is 11.6 Å². The van der Waals surface area contributed by atoms with Gasteiger partial charge in [0, 0.05) is 25.2 Å². The molecule has 1 fully saturated rings. The Balaban J connectivity index is 2.08. The Labute approximate surface area is 125 Å². The topological polar surface area (TPSA) is 86.9 Å². The number of nitrogens with zero attached hydrogens (tertiary/aromatic N) is 3. The van der Waals surface area contributed by atoms with Crippen molar-refractivity contribution in [3.05, 3.63) is 17.3 Å². The highest BCUT2D eigenvalue weighted by Crippen LogP contribution is 2.30. The van der Waals surface area contributed by atoms with Crippen LogP contribution in [0.5, 0.6) is 0 Å². The zero-order chi connectivity index (χ0) is 15.0. The van der Waals surface area contributed by atoms with Crippen LogP contribution in [0.2, 0.25) is 0 Å². The van der Waals surface area contributed by atoms with Gasteiger partial charge in [0.15, 0.2) is 16.5 Å². The SMILES string of the molecule is CNC(=O)C1CCCCN1c1nc2sccn2c1C(=O)O. The number of amides is 1. The predicted molar refractivity (Wildman–Crippen MR) is 79.1 cm³/mol. The second kappa shape index (κ2) is 5.36. The third-order valence-corrected chi connectivity index (χ3v) is 4.53. The number of carbonyl (C=O) groups excluding carboxylic acids is 1. The second-order valence-corrected chi connectivity index (χ2v) is 5.84. The molecule has 0 saturated carbocycles. The van der Waals surface area contributed by atoms with Gasteiger partial charge in [-0.25, -0.2) is 9.78 Å². The number of imidazole rings is 1. The minimum Gasteiger partial charge on any atom is -0.476 e. The van der Waals surface area contributed by atoms with E-state index in [4.69, 9.17) is 0 Å². The number of aromatic nitrogens is 2. The zero-order valence-electron chi connectivity index (χ0n) is 11.6. The zero-order valence-corrected chi connectivity index (χ0v) is 12.4. The van der Waals surface area contributed by atoms with Gasteiger partial charge >= 0.3 is 5.97 Å². The van der Waals surface area contributed by atoms with Crippen molar-refractivity contribution in [2.45, 2.75) is 25.3 Å². The summed E-state index contributed by atoms with van der Waals surface area (Å²) in [5.74, 6) is -0.734. The number of likely N-dealkylation sites (N-methyl/N-ethyl adjacent to an activating group) is 1. The van der Waals surface area contributed by atoms with Gasteiger partial charge in [-0.1, -0.05) is 0 Å². The lowest BCUT2D eigenvalue weighted by atomic mass is 10.0. The van der Waals surface area contributed by atoms with Crippen molar-refractivity contribution in [3.8, 4) is 0 Å². The molecule has 1 atom stereocenters. The van der Waals surface area contributed by atoms with E-state index < -0.39 is 5.97 Å². The number of carbonyl (C=O) groups is 2. The van der Waals surface area contributed by atoms with Crippen LogP contribution in [0.25, 0.3) is 4.96 Å². The van der Waals surface area contributed by atoms with Gasteiger partial charge < -0.3 is 15.3 Å². The third-order valence-electron chi connectivity index (χ3n) is 3.77. The van der Waals surface area contributed by atoms with Crippen molar-refractivity contribution in [2.24, 2.45) is 0 Å². The molecule has 0 radical (unpaired) electrons. The smallest absolute Gasteiger partial charge is 0.356 e. The highest BCUT2D eigenvalue weighted by molar-refractivity contribution is 7.15. The molecule has 1 aliphatic rings.